The van der Waals surface area contributed by atoms with E-state index in [2.05, 4.69) is 15.9 Å². The Morgan fingerprint density at radius 3 is 2.33 bits per heavy atom. The van der Waals surface area contributed by atoms with Gasteiger partial charge in [0, 0.05) is 12.1 Å². The number of hydrogen-bond acceptors (Lipinski definition) is 3. The van der Waals surface area contributed by atoms with E-state index in [0.29, 0.717) is 0 Å². The van der Waals surface area contributed by atoms with Crippen molar-refractivity contribution in [1.82, 2.24) is 0 Å². The van der Waals surface area contributed by atoms with Gasteiger partial charge in [0.2, 0.25) is 0 Å². The smallest absolute Gasteiger partial charge is 0.420 e. The van der Waals surface area contributed by atoms with Crippen LogP contribution < -0.4 is 0 Å². The highest BCUT2D eigenvalue weighted by Crippen LogP contribution is 2.41. The van der Waals surface area contributed by atoms with Crippen molar-refractivity contribution in [2.24, 2.45) is 0 Å². The molecular formula is C7H3BrF3NO3. The van der Waals surface area contributed by atoms with Crippen molar-refractivity contribution in [2.45, 2.75) is 6.18 Å². The largest absolute Gasteiger partial charge is 0.506 e. The number of phenols is 1. The summed E-state index contributed by atoms with van der Waals surface area (Å²) in [4.78, 5) is 9.31. The van der Waals surface area contributed by atoms with Crippen LogP contribution in [0.1, 0.15) is 5.56 Å². The summed E-state index contributed by atoms with van der Waals surface area (Å²) in [5.41, 5.74) is -2.18. The number of nitrogens with zero attached hydrogens (tertiary/aromatic N) is 1. The molecule has 0 atom stereocenters. The molecule has 1 aromatic rings. The summed E-state index contributed by atoms with van der Waals surface area (Å²) in [6.45, 7) is 0. The third kappa shape index (κ3) is 2.38. The van der Waals surface area contributed by atoms with Crippen LogP contribution in [-0.4, -0.2) is 10.0 Å². The van der Waals surface area contributed by atoms with Crippen LogP contribution in [0.3, 0.4) is 0 Å². The Kier molecular flexibility index (Phi) is 2.89. The summed E-state index contributed by atoms with van der Waals surface area (Å²) >= 11 is 2.60. The molecule has 0 heterocycles. The Labute approximate surface area is 89.6 Å². The minimum atomic E-state index is -4.83. The van der Waals surface area contributed by atoms with Crippen molar-refractivity contribution in [3.63, 3.8) is 0 Å². The van der Waals surface area contributed by atoms with E-state index in [-0.39, 0.29) is 10.5 Å². The van der Waals surface area contributed by atoms with Crippen molar-refractivity contribution in [3.05, 3.63) is 32.3 Å². The Hall–Kier alpha value is -1.31. The van der Waals surface area contributed by atoms with Gasteiger partial charge in [-0.3, -0.25) is 10.1 Å². The summed E-state index contributed by atoms with van der Waals surface area (Å²) in [5.74, 6) is -1.06. The fourth-order valence-electron chi connectivity index (χ4n) is 0.906. The van der Waals surface area contributed by atoms with E-state index in [1.54, 1.807) is 0 Å². The Balaban J connectivity index is 3.45. The van der Waals surface area contributed by atoms with Crippen molar-refractivity contribution in [1.29, 1.82) is 0 Å². The predicted octanol–water partition coefficient (Wildman–Crippen LogP) is 3.08. The molecule has 15 heavy (non-hydrogen) atoms. The first-order valence-electron chi connectivity index (χ1n) is 3.47. The molecule has 0 amide bonds. The fraction of sp³-hybridized carbons (Fsp3) is 0.143. The highest BCUT2D eigenvalue weighted by atomic mass is 79.9. The summed E-state index contributed by atoms with van der Waals surface area (Å²) < 4.78 is 36.4. The minimum absolute atomic E-state index is 0.278. The van der Waals surface area contributed by atoms with Crippen LogP contribution in [0, 0.1) is 10.1 Å². The summed E-state index contributed by atoms with van der Waals surface area (Å²) in [6, 6.07) is 1.07. The maximum Gasteiger partial charge on any atom is 0.420 e. The lowest BCUT2D eigenvalue weighted by Crippen LogP contribution is -2.06. The van der Waals surface area contributed by atoms with E-state index in [4.69, 9.17) is 5.11 Å². The van der Waals surface area contributed by atoms with Crippen LogP contribution >= 0.6 is 15.9 Å². The average molecular weight is 286 g/mol. The molecule has 8 heteroatoms. The number of phenolic OH excluding ortho intramolecular Hbond substituents is 1. The quantitative estimate of drug-likeness (QED) is 0.637. The number of nitro groups is 1. The van der Waals surface area contributed by atoms with Gasteiger partial charge in [0.1, 0.15) is 11.3 Å². The molecule has 0 fully saturated rings. The van der Waals surface area contributed by atoms with Crippen LogP contribution in [0.25, 0.3) is 0 Å². The molecule has 0 spiro atoms. The van der Waals surface area contributed by atoms with Crippen LogP contribution in [0.5, 0.6) is 5.75 Å². The predicted molar refractivity (Wildman–Crippen MR) is 47.5 cm³/mol. The number of hydrogen-bond donors (Lipinski definition) is 1. The molecule has 0 saturated heterocycles. The second-order valence-corrected chi connectivity index (χ2v) is 3.43. The molecule has 0 unspecified atom stereocenters. The van der Waals surface area contributed by atoms with Gasteiger partial charge in [0.25, 0.3) is 5.69 Å². The minimum Gasteiger partial charge on any atom is -0.506 e. The highest BCUT2D eigenvalue weighted by molar-refractivity contribution is 9.10. The van der Waals surface area contributed by atoms with E-state index >= 15 is 0 Å². The molecule has 1 aromatic carbocycles. The zero-order valence-electron chi connectivity index (χ0n) is 6.88. The van der Waals surface area contributed by atoms with E-state index in [1.165, 1.54) is 0 Å². The molecule has 1 N–H and O–H groups in total. The van der Waals surface area contributed by atoms with Gasteiger partial charge >= 0.3 is 6.18 Å². The Bertz CT molecular complexity index is 419. The van der Waals surface area contributed by atoms with E-state index < -0.39 is 28.1 Å². The lowest BCUT2D eigenvalue weighted by atomic mass is 10.1. The second kappa shape index (κ2) is 3.69. The van der Waals surface area contributed by atoms with Gasteiger partial charge in [-0.2, -0.15) is 13.2 Å². The molecule has 0 radical (unpaired) electrons. The van der Waals surface area contributed by atoms with Crippen molar-refractivity contribution < 1.29 is 23.2 Å². The van der Waals surface area contributed by atoms with Crippen LogP contribution in [0.4, 0.5) is 18.9 Å². The number of halogens is 4. The molecule has 0 aliphatic heterocycles. The normalized spacial score (nSPS) is 11.5. The van der Waals surface area contributed by atoms with Gasteiger partial charge in [-0.05, 0) is 15.9 Å². The zero-order valence-corrected chi connectivity index (χ0v) is 8.46. The first-order chi connectivity index (χ1) is 6.73. The number of nitro benzene ring substituents is 1. The van der Waals surface area contributed by atoms with Gasteiger partial charge < -0.3 is 5.11 Å². The topological polar surface area (TPSA) is 63.4 Å². The summed E-state index contributed by atoms with van der Waals surface area (Å²) in [5, 5.41) is 19.3. The van der Waals surface area contributed by atoms with Crippen molar-refractivity contribution in [2.75, 3.05) is 0 Å². The molecule has 0 aromatic heterocycles. The van der Waals surface area contributed by atoms with Crippen molar-refractivity contribution >= 4 is 21.6 Å². The van der Waals surface area contributed by atoms with E-state index in [1.807, 2.05) is 0 Å². The average Bonchev–Trinajstić information content (AvgIpc) is 2.06. The lowest BCUT2D eigenvalue weighted by molar-refractivity contribution is -0.385. The van der Waals surface area contributed by atoms with Crippen molar-refractivity contribution in [3.8, 4) is 5.75 Å². The van der Waals surface area contributed by atoms with Gasteiger partial charge in [-0.25, -0.2) is 0 Å². The standard InChI is InChI=1S/C7H3BrF3NO3/c8-5-2-3(12(14)15)1-4(6(5)13)7(9,10)11/h1-2,13H. The monoisotopic (exact) mass is 285 g/mol. The number of benzene rings is 1. The summed E-state index contributed by atoms with van der Waals surface area (Å²) in [6.07, 6.45) is -4.83. The van der Waals surface area contributed by atoms with E-state index in [9.17, 15) is 23.3 Å². The molecular weight excluding hydrogens is 283 g/mol. The molecule has 4 nitrogen and oxygen atoms in total. The van der Waals surface area contributed by atoms with Gasteiger partial charge in [0.05, 0.1) is 9.40 Å². The zero-order chi connectivity index (χ0) is 11.8. The number of alkyl halides is 3. The van der Waals surface area contributed by atoms with Gasteiger partial charge in [0.15, 0.2) is 0 Å². The number of aromatic hydroxyl groups is 1. The Morgan fingerprint density at radius 2 is 1.93 bits per heavy atom. The Morgan fingerprint density at radius 1 is 1.40 bits per heavy atom. The van der Waals surface area contributed by atoms with E-state index in [0.717, 1.165) is 6.07 Å². The second-order valence-electron chi connectivity index (χ2n) is 2.58. The highest BCUT2D eigenvalue weighted by Gasteiger charge is 2.36. The molecule has 0 bridgehead atoms. The lowest BCUT2D eigenvalue weighted by Gasteiger charge is -2.09. The number of non-ortho nitro benzene ring substituents is 1. The molecule has 0 aliphatic rings. The van der Waals surface area contributed by atoms with Crippen LogP contribution in [-0.2, 0) is 6.18 Å². The third-order valence-corrected chi connectivity index (χ3v) is 2.17. The SMILES string of the molecule is O=[N+]([O-])c1cc(Br)c(O)c(C(F)(F)F)c1. The molecule has 1 rings (SSSR count). The van der Waals surface area contributed by atoms with Gasteiger partial charge in [-0.1, -0.05) is 0 Å². The fourth-order valence-corrected chi connectivity index (χ4v) is 1.35. The third-order valence-electron chi connectivity index (χ3n) is 1.56. The van der Waals surface area contributed by atoms with Crippen LogP contribution in [0.15, 0.2) is 16.6 Å². The number of rotatable bonds is 1. The molecule has 0 saturated carbocycles. The maximum absolute atomic E-state index is 12.3. The summed E-state index contributed by atoms with van der Waals surface area (Å²) in [7, 11) is 0. The molecule has 82 valence electrons. The maximum atomic E-state index is 12.3. The first kappa shape index (κ1) is 11.8. The van der Waals surface area contributed by atoms with Gasteiger partial charge in [-0.15, -0.1) is 0 Å². The first-order valence-corrected chi connectivity index (χ1v) is 4.27. The molecule has 0 aliphatic carbocycles. The van der Waals surface area contributed by atoms with Crippen LogP contribution in [0.2, 0.25) is 0 Å².